The van der Waals surface area contributed by atoms with E-state index >= 15 is 0 Å². The minimum absolute atomic E-state index is 0.108. The number of nitrogens with one attached hydrogen (secondary N) is 1. The second kappa shape index (κ2) is 5.15. The highest BCUT2D eigenvalue weighted by atomic mass is 35.5. The van der Waals surface area contributed by atoms with Gasteiger partial charge in [-0.25, -0.2) is 4.39 Å². The number of nitrogens with zero attached hydrogens (tertiary/aromatic N) is 1. The van der Waals surface area contributed by atoms with Crippen LogP contribution in [-0.2, 0) is 6.42 Å². The lowest BCUT2D eigenvalue weighted by Crippen LogP contribution is -2.07. The Kier molecular flexibility index (Phi) is 3.33. The first-order valence-electron chi connectivity index (χ1n) is 6.42. The molecule has 0 spiro atoms. The van der Waals surface area contributed by atoms with Crippen LogP contribution in [0, 0.1) is 17.1 Å². The monoisotopic (exact) mass is 286 g/mol. The second-order valence-corrected chi connectivity index (χ2v) is 5.29. The van der Waals surface area contributed by atoms with Gasteiger partial charge in [0.05, 0.1) is 28.4 Å². The molecule has 2 aromatic rings. The van der Waals surface area contributed by atoms with E-state index < -0.39 is 0 Å². The normalized spacial score (nSPS) is 16.6. The van der Waals surface area contributed by atoms with Gasteiger partial charge in [-0.15, -0.1) is 0 Å². The second-order valence-electron chi connectivity index (χ2n) is 4.89. The fraction of sp³-hybridized carbons (Fsp3) is 0.188. The van der Waals surface area contributed by atoms with Gasteiger partial charge in [0.1, 0.15) is 5.82 Å². The van der Waals surface area contributed by atoms with E-state index in [0.717, 1.165) is 29.7 Å². The number of nitriles is 1. The van der Waals surface area contributed by atoms with E-state index in [4.69, 9.17) is 16.9 Å². The molecule has 1 atom stereocenters. The largest absolute Gasteiger partial charge is 0.377 e. The quantitative estimate of drug-likeness (QED) is 0.885. The molecule has 0 aliphatic heterocycles. The number of benzene rings is 2. The average molecular weight is 287 g/mol. The van der Waals surface area contributed by atoms with Crippen LogP contribution in [0.5, 0.6) is 0 Å². The highest BCUT2D eigenvalue weighted by Crippen LogP contribution is 2.36. The number of halogens is 2. The minimum Gasteiger partial charge on any atom is -0.377 e. The number of hydrogen-bond donors (Lipinski definition) is 1. The van der Waals surface area contributed by atoms with Crippen LogP contribution < -0.4 is 5.32 Å². The fourth-order valence-electron chi connectivity index (χ4n) is 2.63. The molecular formula is C16H12ClFN2. The summed E-state index contributed by atoms with van der Waals surface area (Å²) in [5, 5.41) is 12.9. The Hall–Kier alpha value is -2.05. The molecule has 0 heterocycles. The molecule has 0 aromatic heterocycles. The van der Waals surface area contributed by atoms with Gasteiger partial charge < -0.3 is 5.32 Å². The molecule has 0 radical (unpaired) electrons. The van der Waals surface area contributed by atoms with E-state index in [2.05, 4.69) is 11.4 Å². The third-order valence-corrected chi connectivity index (χ3v) is 3.94. The van der Waals surface area contributed by atoms with Crippen molar-refractivity contribution in [3.05, 3.63) is 63.9 Å². The van der Waals surface area contributed by atoms with Crippen molar-refractivity contribution in [2.24, 2.45) is 0 Å². The summed E-state index contributed by atoms with van der Waals surface area (Å²) in [5.74, 6) is -0.200. The maximum Gasteiger partial charge on any atom is 0.123 e. The van der Waals surface area contributed by atoms with Gasteiger partial charge in [0, 0.05) is 0 Å². The molecular weight excluding hydrogens is 275 g/mol. The molecule has 0 fully saturated rings. The number of rotatable bonds is 2. The SMILES string of the molecule is N#Cc1ccc(Cl)c(NC2CCc3cc(F)ccc32)c1. The van der Waals surface area contributed by atoms with Crippen molar-refractivity contribution in [3.8, 4) is 6.07 Å². The fourth-order valence-corrected chi connectivity index (χ4v) is 2.80. The van der Waals surface area contributed by atoms with E-state index in [0.29, 0.717) is 10.6 Å². The molecule has 0 saturated carbocycles. The average Bonchev–Trinajstić information content (AvgIpc) is 2.83. The van der Waals surface area contributed by atoms with Gasteiger partial charge in [0.25, 0.3) is 0 Å². The van der Waals surface area contributed by atoms with Crippen molar-refractivity contribution in [1.29, 1.82) is 5.26 Å². The Balaban J connectivity index is 1.89. The first-order chi connectivity index (χ1) is 9.67. The minimum atomic E-state index is -0.200. The molecule has 4 heteroatoms. The molecule has 0 bridgehead atoms. The van der Waals surface area contributed by atoms with Gasteiger partial charge in [-0.1, -0.05) is 17.7 Å². The van der Waals surface area contributed by atoms with Crippen LogP contribution in [0.15, 0.2) is 36.4 Å². The summed E-state index contributed by atoms with van der Waals surface area (Å²) in [5.41, 5.74) is 3.45. The van der Waals surface area contributed by atoms with Crippen LogP contribution in [0.3, 0.4) is 0 Å². The summed E-state index contributed by atoms with van der Waals surface area (Å²) in [7, 11) is 0. The van der Waals surface area contributed by atoms with Gasteiger partial charge in [-0.3, -0.25) is 0 Å². The summed E-state index contributed by atoms with van der Waals surface area (Å²) >= 11 is 6.15. The Morgan fingerprint density at radius 3 is 2.90 bits per heavy atom. The molecule has 100 valence electrons. The molecule has 3 rings (SSSR count). The summed E-state index contributed by atoms with van der Waals surface area (Å²) < 4.78 is 13.2. The van der Waals surface area contributed by atoms with Crippen molar-refractivity contribution in [1.82, 2.24) is 0 Å². The lowest BCUT2D eigenvalue weighted by Gasteiger charge is -2.17. The standard InChI is InChI=1S/C16H12ClFN2/c17-14-5-1-10(9-19)7-16(14)20-15-6-2-11-8-12(18)3-4-13(11)15/h1,3-5,7-8,15,20H,2,6H2. The van der Waals surface area contributed by atoms with Crippen molar-refractivity contribution in [2.45, 2.75) is 18.9 Å². The molecule has 20 heavy (non-hydrogen) atoms. The first-order valence-corrected chi connectivity index (χ1v) is 6.79. The van der Waals surface area contributed by atoms with Crippen molar-refractivity contribution < 1.29 is 4.39 Å². The van der Waals surface area contributed by atoms with Crippen molar-refractivity contribution >= 4 is 17.3 Å². The molecule has 1 aliphatic rings. The third-order valence-electron chi connectivity index (χ3n) is 3.61. The highest BCUT2D eigenvalue weighted by molar-refractivity contribution is 6.33. The van der Waals surface area contributed by atoms with E-state index in [1.807, 2.05) is 6.07 Å². The Labute approximate surface area is 121 Å². The zero-order valence-corrected chi connectivity index (χ0v) is 11.4. The van der Waals surface area contributed by atoms with Crippen molar-refractivity contribution in [3.63, 3.8) is 0 Å². The lowest BCUT2D eigenvalue weighted by atomic mass is 10.1. The molecule has 0 amide bonds. The maximum atomic E-state index is 13.2. The predicted molar refractivity (Wildman–Crippen MR) is 77.3 cm³/mol. The van der Waals surface area contributed by atoms with Crippen LogP contribution in [-0.4, -0.2) is 0 Å². The van der Waals surface area contributed by atoms with Crippen LogP contribution in [0.25, 0.3) is 0 Å². The van der Waals surface area contributed by atoms with Crippen molar-refractivity contribution in [2.75, 3.05) is 5.32 Å². The number of fused-ring (bicyclic) bond motifs is 1. The Morgan fingerprint density at radius 2 is 2.10 bits per heavy atom. The molecule has 0 saturated heterocycles. The molecule has 1 N–H and O–H groups in total. The third kappa shape index (κ3) is 2.35. The summed E-state index contributed by atoms with van der Waals surface area (Å²) in [4.78, 5) is 0. The molecule has 1 aliphatic carbocycles. The van der Waals surface area contributed by atoms with E-state index in [1.165, 1.54) is 6.07 Å². The van der Waals surface area contributed by atoms with Crippen LogP contribution >= 0.6 is 11.6 Å². The smallest absolute Gasteiger partial charge is 0.123 e. The summed E-state index contributed by atoms with van der Waals surface area (Å²) in [6.07, 6.45) is 1.74. The van der Waals surface area contributed by atoms with E-state index in [9.17, 15) is 4.39 Å². The summed E-state index contributed by atoms with van der Waals surface area (Å²) in [6, 6.07) is 12.2. The van der Waals surface area contributed by atoms with E-state index in [1.54, 1.807) is 24.3 Å². The van der Waals surface area contributed by atoms with Gasteiger partial charge in [0.2, 0.25) is 0 Å². The molecule has 1 unspecified atom stereocenters. The molecule has 2 nitrogen and oxygen atoms in total. The topological polar surface area (TPSA) is 35.8 Å². The predicted octanol–water partition coefficient (Wildman–Crippen LogP) is 4.45. The van der Waals surface area contributed by atoms with Crippen LogP contribution in [0.2, 0.25) is 5.02 Å². The van der Waals surface area contributed by atoms with Gasteiger partial charge in [0.15, 0.2) is 0 Å². The van der Waals surface area contributed by atoms with Crippen LogP contribution in [0.4, 0.5) is 10.1 Å². The first kappa shape index (κ1) is 13.0. The zero-order valence-electron chi connectivity index (χ0n) is 10.7. The van der Waals surface area contributed by atoms with Crippen LogP contribution in [0.1, 0.15) is 29.2 Å². The zero-order chi connectivity index (χ0) is 14.1. The van der Waals surface area contributed by atoms with Gasteiger partial charge in [-0.2, -0.15) is 5.26 Å². The number of anilines is 1. The summed E-state index contributed by atoms with van der Waals surface area (Å²) in [6.45, 7) is 0. The number of hydrogen-bond acceptors (Lipinski definition) is 2. The number of aryl methyl sites for hydroxylation is 1. The lowest BCUT2D eigenvalue weighted by molar-refractivity contribution is 0.626. The van der Waals surface area contributed by atoms with Gasteiger partial charge in [-0.05, 0) is 54.3 Å². The maximum absolute atomic E-state index is 13.2. The van der Waals surface area contributed by atoms with E-state index in [-0.39, 0.29) is 11.9 Å². The Bertz CT molecular complexity index is 706. The van der Waals surface area contributed by atoms with Gasteiger partial charge >= 0.3 is 0 Å². The highest BCUT2D eigenvalue weighted by Gasteiger charge is 2.23. The molecule has 2 aromatic carbocycles. The Morgan fingerprint density at radius 1 is 1.25 bits per heavy atom.